The predicted octanol–water partition coefficient (Wildman–Crippen LogP) is 4.11. The molecule has 2 aromatic rings. The summed E-state index contributed by atoms with van der Waals surface area (Å²) in [6.07, 6.45) is 4.47. The summed E-state index contributed by atoms with van der Waals surface area (Å²) >= 11 is 6.37. The Kier molecular flexibility index (Phi) is 4.89. The number of nitrogens with one attached hydrogen (secondary N) is 1. The highest BCUT2D eigenvalue weighted by Gasteiger charge is 2.26. The van der Waals surface area contributed by atoms with E-state index >= 15 is 0 Å². The van der Waals surface area contributed by atoms with Crippen LogP contribution in [0.25, 0.3) is 0 Å². The van der Waals surface area contributed by atoms with Gasteiger partial charge >= 0.3 is 0 Å². The Bertz CT molecular complexity index is 559. The average Bonchev–Trinajstić information content (AvgIpc) is 2.98. The zero-order valence-corrected chi connectivity index (χ0v) is 13.2. The van der Waals surface area contributed by atoms with Crippen LogP contribution < -0.4 is 5.32 Å². The molecule has 1 N–H and O–H groups in total. The fourth-order valence-corrected chi connectivity index (χ4v) is 2.55. The average molecular weight is 296 g/mol. The fraction of sp³-hybridized carbons (Fsp3) is 0.533. The van der Waals surface area contributed by atoms with Crippen molar-refractivity contribution in [2.45, 2.75) is 46.2 Å². The van der Waals surface area contributed by atoms with Gasteiger partial charge in [-0.3, -0.25) is 4.68 Å². The standard InChI is InChI=1S/C15H22ClN3O/c1-5-7-17-13(15-11(4)6-8-20-15)14-12(16)9-18-19(14)10(2)3/h6,8-10,13,17H,5,7H2,1-4H3. The third-order valence-corrected chi connectivity index (χ3v) is 3.60. The summed E-state index contributed by atoms with van der Waals surface area (Å²) in [5, 5.41) is 8.57. The highest BCUT2D eigenvalue weighted by Crippen LogP contribution is 2.32. The third kappa shape index (κ3) is 2.91. The van der Waals surface area contributed by atoms with E-state index in [1.807, 2.05) is 17.7 Å². The maximum atomic E-state index is 6.37. The molecule has 0 bridgehead atoms. The lowest BCUT2D eigenvalue weighted by molar-refractivity contribution is 0.410. The molecule has 2 heterocycles. The van der Waals surface area contributed by atoms with E-state index < -0.39 is 0 Å². The summed E-state index contributed by atoms with van der Waals surface area (Å²) in [6, 6.07) is 2.15. The topological polar surface area (TPSA) is 43.0 Å². The molecule has 0 amide bonds. The van der Waals surface area contributed by atoms with E-state index in [-0.39, 0.29) is 12.1 Å². The van der Waals surface area contributed by atoms with Crippen molar-refractivity contribution in [1.82, 2.24) is 15.1 Å². The number of hydrogen-bond acceptors (Lipinski definition) is 3. The van der Waals surface area contributed by atoms with Crippen LogP contribution in [0.2, 0.25) is 5.02 Å². The molecule has 0 saturated carbocycles. The molecule has 0 radical (unpaired) electrons. The number of aromatic nitrogens is 2. The molecule has 0 saturated heterocycles. The zero-order chi connectivity index (χ0) is 14.7. The Balaban J connectivity index is 2.46. The van der Waals surface area contributed by atoms with Gasteiger partial charge in [0.1, 0.15) is 11.8 Å². The van der Waals surface area contributed by atoms with E-state index in [0.29, 0.717) is 5.02 Å². The van der Waals surface area contributed by atoms with Crippen molar-refractivity contribution < 1.29 is 4.42 Å². The first kappa shape index (κ1) is 15.1. The molecule has 5 heteroatoms. The SMILES string of the molecule is CCCNC(c1occc1C)c1c(Cl)cnn1C(C)C. The first-order valence-electron chi connectivity index (χ1n) is 7.06. The molecule has 0 aliphatic carbocycles. The van der Waals surface area contributed by atoms with Gasteiger partial charge in [-0.05, 0) is 45.4 Å². The van der Waals surface area contributed by atoms with E-state index in [1.165, 1.54) is 0 Å². The normalized spacial score (nSPS) is 13.1. The molecule has 0 spiro atoms. The number of aryl methyl sites for hydroxylation is 1. The molecular weight excluding hydrogens is 274 g/mol. The van der Waals surface area contributed by atoms with Crippen molar-refractivity contribution in [3.8, 4) is 0 Å². The molecule has 1 unspecified atom stereocenters. The van der Waals surface area contributed by atoms with Crippen molar-refractivity contribution >= 4 is 11.6 Å². The second-order valence-corrected chi connectivity index (χ2v) is 5.68. The van der Waals surface area contributed by atoms with Gasteiger partial charge in [0.05, 0.1) is 23.2 Å². The van der Waals surface area contributed by atoms with Crippen LogP contribution in [0.4, 0.5) is 0 Å². The van der Waals surface area contributed by atoms with Crippen molar-refractivity contribution in [3.63, 3.8) is 0 Å². The van der Waals surface area contributed by atoms with Crippen LogP contribution in [0.3, 0.4) is 0 Å². The summed E-state index contributed by atoms with van der Waals surface area (Å²) in [7, 11) is 0. The lowest BCUT2D eigenvalue weighted by atomic mass is 10.1. The van der Waals surface area contributed by atoms with Crippen LogP contribution in [0.5, 0.6) is 0 Å². The second kappa shape index (κ2) is 6.46. The van der Waals surface area contributed by atoms with Crippen LogP contribution in [0, 0.1) is 6.92 Å². The van der Waals surface area contributed by atoms with Gasteiger partial charge in [0.25, 0.3) is 0 Å². The van der Waals surface area contributed by atoms with Crippen molar-refractivity contribution in [3.05, 3.63) is 40.6 Å². The molecule has 0 fully saturated rings. The number of rotatable bonds is 6. The quantitative estimate of drug-likeness (QED) is 0.872. The Labute approximate surface area is 125 Å². The minimum absolute atomic E-state index is 0.0673. The van der Waals surface area contributed by atoms with Gasteiger partial charge in [-0.1, -0.05) is 18.5 Å². The van der Waals surface area contributed by atoms with Crippen LogP contribution in [-0.2, 0) is 0 Å². The molecule has 0 aliphatic heterocycles. The molecule has 1 atom stereocenters. The monoisotopic (exact) mass is 295 g/mol. The second-order valence-electron chi connectivity index (χ2n) is 5.27. The molecule has 0 aliphatic rings. The number of furan rings is 1. The molecule has 4 nitrogen and oxygen atoms in total. The Morgan fingerprint density at radius 3 is 2.75 bits per heavy atom. The molecule has 110 valence electrons. The van der Waals surface area contributed by atoms with Crippen LogP contribution in [0.15, 0.2) is 22.9 Å². The minimum Gasteiger partial charge on any atom is -0.467 e. The van der Waals surface area contributed by atoms with Gasteiger partial charge in [-0.15, -0.1) is 0 Å². The Hall–Kier alpha value is -1.26. The van der Waals surface area contributed by atoms with Gasteiger partial charge in [-0.25, -0.2) is 0 Å². The molecule has 0 aromatic carbocycles. The predicted molar refractivity (Wildman–Crippen MR) is 81.2 cm³/mol. The van der Waals surface area contributed by atoms with Crippen molar-refractivity contribution in [2.24, 2.45) is 0 Å². The zero-order valence-electron chi connectivity index (χ0n) is 12.5. The summed E-state index contributed by atoms with van der Waals surface area (Å²) in [4.78, 5) is 0. The van der Waals surface area contributed by atoms with E-state index in [9.17, 15) is 0 Å². The van der Waals surface area contributed by atoms with Gasteiger partial charge in [0.15, 0.2) is 0 Å². The Morgan fingerprint density at radius 2 is 2.20 bits per heavy atom. The molecular formula is C15H22ClN3O. The first-order chi connectivity index (χ1) is 9.56. The van der Waals surface area contributed by atoms with Crippen molar-refractivity contribution in [2.75, 3.05) is 6.54 Å². The van der Waals surface area contributed by atoms with Crippen molar-refractivity contribution in [1.29, 1.82) is 0 Å². The third-order valence-electron chi connectivity index (χ3n) is 3.31. The van der Waals surface area contributed by atoms with Crippen LogP contribution in [0.1, 0.15) is 56.3 Å². The maximum absolute atomic E-state index is 6.37. The lowest BCUT2D eigenvalue weighted by Crippen LogP contribution is -2.27. The summed E-state index contributed by atoms with van der Waals surface area (Å²) < 4.78 is 7.63. The van der Waals surface area contributed by atoms with Gasteiger partial charge < -0.3 is 9.73 Å². The van der Waals surface area contributed by atoms with Gasteiger partial charge in [0.2, 0.25) is 0 Å². The number of hydrogen-bond donors (Lipinski definition) is 1. The lowest BCUT2D eigenvalue weighted by Gasteiger charge is -2.21. The fourth-order valence-electron chi connectivity index (χ4n) is 2.31. The molecule has 20 heavy (non-hydrogen) atoms. The van der Waals surface area contributed by atoms with Crippen LogP contribution >= 0.6 is 11.6 Å². The number of nitrogens with zero attached hydrogens (tertiary/aromatic N) is 2. The highest BCUT2D eigenvalue weighted by molar-refractivity contribution is 6.31. The number of halogens is 1. The van der Waals surface area contributed by atoms with Crippen LogP contribution in [-0.4, -0.2) is 16.3 Å². The molecule has 2 aromatic heterocycles. The van der Waals surface area contributed by atoms with Gasteiger partial charge in [0, 0.05) is 6.04 Å². The summed E-state index contributed by atoms with van der Waals surface area (Å²) in [5.74, 6) is 0.905. The van der Waals surface area contributed by atoms with E-state index in [2.05, 4.69) is 31.2 Å². The highest BCUT2D eigenvalue weighted by atomic mass is 35.5. The molecule has 2 rings (SSSR count). The summed E-state index contributed by atoms with van der Waals surface area (Å²) in [5.41, 5.74) is 2.08. The van der Waals surface area contributed by atoms with E-state index in [4.69, 9.17) is 16.0 Å². The van der Waals surface area contributed by atoms with E-state index in [0.717, 1.165) is 30.0 Å². The Morgan fingerprint density at radius 1 is 1.45 bits per heavy atom. The smallest absolute Gasteiger partial charge is 0.129 e. The van der Waals surface area contributed by atoms with E-state index in [1.54, 1.807) is 12.5 Å². The van der Waals surface area contributed by atoms with Gasteiger partial charge in [-0.2, -0.15) is 5.10 Å². The first-order valence-corrected chi connectivity index (χ1v) is 7.44. The maximum Gasteiger partial charge on any atom is 0.129 e. The largest absolute Gasteiger partial charge is 0.467 e. The summed E-state index contributed by atoms with van der Waals surface area (Å²) in [6.45, 7) is 9.27. The minimum atomic E-state index is -0.0673.